The maximum Gasteiger partial charge on any atom is 0.192 e. The lowest BCUT2D eigenvalue weighted by Gasteiger charge is -2.24. The zero-order valence-corrected chi connectivity index (χ0v) is 22.3. The van der Waals surface area contributed by atoms with Crippen LogP contribution in [0.5, 0.6) is 0 Å². The number of anilines is 1. The van der Waals surface area contributed by atoms with Crippen molar-refractivity contribution in [3.63, 3.8) is 0 Å². The van der Waals surface area contributed by atoms with Gasteiger partial charge in [0.05, 0.1) is 18.3 Å². The molecule has 7 heteroatoms. The van der Waals surface area contributed by atoms with E-state index < -0.39 is 0 Å². The number of para-hydroxylation sites is 1. The fraction of sp³-hybridized carbons (Fsp3) is 0.393. The molecular formula is C28H35N5OS. The summed E-state index contributed by atoms with van der Waals surface area (Å²) in [5, 5.41) is 9.85. The first-order valence-electron chi connectivity index (χ1n) is 12.1. The second-order valence-electron chi connectivity index (χ2n) is 9.79. The number of allylic oxidation sites excluding steroid dienone is 2. The predicted molar refractivity (Wildman–Crippen MR) is 144 cm³/mol. The molecule has 1 aliphatic heterocycles. The van der Waals surface area contributed by atoms with Crippen molar-refractivity contribution in [1.82, 2.24) is 19.7 Å². The standard InChI is InChI=1S/C28H35N5OS/c1-7-23(31(4)5)26-29-30-27(33(26)18-20-13-9-8-10-14-20)35-19-21(34)17-25-28(2,3)22-15-11-12-16-24(22)32(25)6/h8-17,23H,7,18-19H2,1-6H3/b25-17+. The van der Waals surface area contributed by atoms with Gasteiger partial charge in [0.25, 0.3) is 0 Å². The molecule has 6 nitrogen and oxygen atoms in total. The van der Waals surface area contributed by atoms with Crippen LogP contribution in [0.15, 0.2) is 71.5 Å². The van der Waals surface area contributed by atoms with Crippen molar-refractivity contribution < 1.29 is 4.79 Å². The van der Waals surface area contributed by atoms with Crippen LogP contribution in [0.2, 0.25) is 0 Å². The van der Waals surface area contributed by atoms with Gasteiger partial charge in [0, 0.05) is 29.9 Å². The van der Waals surface area contributed by atoms with Gasteiger partial charge in [-0.2, -0.15) is 0 Å². The zero-order chi connectivity index (χ0) is 25.2. The van der Waals surface area contributed by atoms with Crippen molar-refractivity contribution in [2.75, 3.05) is 31.8 Å². The molecule has 0 amide bonds. The van der Waals surface area contributed by atoms with E-state index in [0.29, 0.717) is 12.3 Å². The van der Waals surface area contributed by atoms with E-state index in [0.717, 1.165) is 28.8 Å². The number of carbonyl (C=O) groups excluding carboxylic acids is 1. The predicted octanol–water partition coefficient (Wildman–Crippen LogP) is 5.31. The molecule has 1 aromatic heterocycles. The number of ketones is 1. The Morgan fingerprint density at radius 1 is 1.09 bits per heavy atom. The zero-order valence-electron chi connectivity index (χ0n) is 21.5. The Hall–Kier alpha value is -2.90. The Kier molecular flexibility index (Phi) is 7.47. The van der Waals surface area contributed by atoms with E-state index in [1.807, 2.05) is 31.3 Å². The van der Waals surface area contributed by atoms with E-state index >= 15 is 0 Å². The fourth-order valence-electron chi connectivity index (χ4n) is 4.94. The Balaban J connectivity index is 1.57. The molecule has 0 saturated heterocycles. The number of aromatic nitrogens is 3. The number of hydrogen-bond donors (Lipinski definition) is 0. The molecule has 2 aromatic carbocycles. The van der Waals surface area contributed by atoms with Crippen LogP contribution in [0, 0.1) is 0 Å². The minimum absolute atomic E-state index is 0.0770. The molecule has 184 valence electrons. The van der Waals surface area contributed by atoms with Crippen LogP contribution in [0.25, 0.3) is 0 Å². The number of likely N-dealkylation sites (N-methyl/N-ethyl adjacent to an activating group) is 1. The maximum atomic E-state index is 13.1. The summed E-state index contributed by atoms with van der Waals surface area (Å²) in [4.78, 5) is 17.4. The van der Waals surface area contributed by atoms with Crippen molar-refractivity contribution >= 4 is 23.2 Å². The van der Waals surface area contributed by atoms with Gasteiger partial charge in [-0.25, -0.2) is 0 Å². The lowest BCUT2D eigenvalue weighted by Crippen LogP contribution is -2.24. The van der Waals surface area contributed by atoms with E-state index in [-0.39, 0.29) is 17.2 Å². The number of fused-ring (bicyclic) bond motifs is 1. The third-order valence-corrected chi connectivity index (χ3v) is 7.81. The fourth-order valence-corrected chi connectivity index (χ4v) is 5.70. The SMILES string of the molecule is CCC(c1nnc(SCC(=O)/C=C2/N(C)c3ccccc3C2(C)C)n1Cc1ccccc1)N(C)C. The summed E-state index contributed by atoms with van der Waals surface area (Å²) in [6.45, 7) is 7.19. The van der Waals surface area contributed by atoms with E-state index in [1.54, 1.807) is 6.08 Å². The van der Waals surface area contributed by atoms with Gasteiger partial charge in [-0.1, -0.05) is 81.1 Å². The molecular weight excluding hydrogens is 454 g/mol. The molecule has 2 heterocycles. The topological polar surface area (TPSA) is 54.3 Å². The second kappa shape index (κ2) is 10.4. The first kappa shape index (κ1) is 25.2. The van der Waals surface area contributed by atoms with Gasteiger partial charge in [0.15, 0.2) is 16.8 Å². The minimum atomic E-state index is -0.216. The van der Waals surface area contributed by atoms with Crippen LogP contribution < -0.4 is 4.90 Å². The van der Waals surface area contributed by atoms with Crippen LogP contribution in [-0.4, -0.2) is 52.3 Å². The highest BCUT2D eigenvalue weighted by Gasteiger charge is 2.38. The van der Waals surface area contributed by atoms with E-state index in [9.17, 15) is 4.79 Å². The summed E-state index contributed by atoms with van der Waals surface area (Å²) in [5.41, 5.74) is 4.40. The van der Waals surface area contributed by atoms with Crippen LogP contribution in [0.4, 0.5) is 5.69 Å². The van der Waals surface area contributed by atoms with Crippen LogP contribution >= 0.6 is 11.8 Å². The monoisotopic (exact) mass is 489 g/mol. The molecule has 1 unspecified atom stereocenters. The number of rotatable bonds is 9. The Bertz CT molecular complexity index is 1220. The molecule has 0 spiro atoms. The molecule has 35 heavy (non-hydrogen) atoms. The largest absolute Gasteiger partial charge is 0.347 e. The molecule has 1 atom stereocenters. The third kappa shape index (κ3) is 5.07. The van der Waals surface area contributed by atoms with Crippen molar-refractivity contribution in [2.45, 2.75) is 50.4 Å². The van der Waals surface area contributed by atoms with Crippen LogP contribution in [0.3, 0.4) is 0 Å². The van der Waals surface area contributed by atoms with Crippen molar-refractivity contribution in [3.05, 3.63) is 83.3 Å². The van der Waals surface area contributed by atoms with Gasteiger partial charge in [0.1, 0.15) is 0 Å². The average Bonchev–Trinajstić information content (AvgIpc) is 3.31. The molecule has 0 aliphatic carbocycles. The van der Waals surface area contributed by atoms with Gasteiger partial charge in [-0.3, -0.25) is 9.69 Å². The first-order valence-corrected chi connectivity index (χ1v) is 13.1. The maximum absolute atomic E-state index is 13.1. The van der Waals surface area contributed by atoms with E-state index in [4.69, 9.17) is 0 Å². The Morgan fingerprint density at radius 2 is 1.77 bits per heavy atom. The molecule has 4 rings (SSSR count). The number of hydrogen-bond acceptors (Lipinski definition) is 6. The average molecular weight is 490 g/mol. The highest BCUT2D eigenvalue weighted by Crippen LogP contribution is 2.46. The number of carbonyl (C=O) groups is 1. The van der Waals surface area contributed by atoms with Gasteiger partial charge in [-0.15, -0.1) is 10.2 Å². The quantitative estimate of drug-likeness (QED) is 0.300. The normalized spacial score (nSPS) is 16.7. The number of thioether (sulfide) groups is 1. The number of benzene rings is 2. The van der Waals surface area contributed by atoms with Crippen LogP contribution in [-0.2, 0) is 16.8 Å². The molecule has 0 fully saturated rings. The molecule has 0 saturated carbocycles. The summed E-state index contributed by atoms with van der Waals surface area (Å²) in [6.07, 6.45) is 2.73. The molecule has 1 aliphatic rings. The van der Waals surface area contributed by atoms with Crippen molar-refractivity contribution in [3.8, 4) is 0 Å². The van der Waals surface area contributed by atoms with Crippen molar-refractivity contribution in [1.29, 1.82) is 0 Å². The van der Waals surface area contributed by atoms with Crippen LogP contribution in [0.1, 0.15) is 50.2 Å². The van der Waals surface area contributed by atoms with Crippen molar-refractivity contribution in [2.24, 2.45) is 0 Å². The summed E-state index contributed by atoms with van der Waals surface area (Å²) in [7, 11) is 6.17. The highest BCUT2D eigenvalue weighted by molar-refractivity contribution is 7.99. The Morgan fingerprint density at radius 3 is 2.43 bits per heavy atom. The summed E-state index contributed by atoms with van der Waals surface area (Å²) < 4.78 is 2.16. The molecule has 0 radical (unpaired) electrons. The summed E-state index contributed by atoms with van der Waals surface area (Å²) >= 11 is 1.46. The summed E-state index contributed by atoms with van der Waals surface area (Å²) in [5.74, 6) is 1.32. The molecule has 0 bridgehead atoms. The lowest BCUT2D eigenvalue weighted by atomic mass is 9.83. The van der Waals surface area contributed by atoms with Gasteiger partial charge >= 0.3 is 0 Å². The van der Waals surface area contributed by atoms with E-state index in [1.165, 1.54) is 22.9 Å². The molecule has 0 N–H and O–H groups in total. The Labute approximate surface area is 213 Å². The van der Waals surface area contributed by atoms with Gasteiger partial charge < -0.3 is 9.47 Å². The van der Waals surface area contributed by atoms with Gasteiger partial charge in [-0.05, 0) is 37.7 Å². The first-order chi connectivity index (χ1) is 16.7. The third-order valence-electron chi connectivity index (χ3n) is 6.82. The molecule has 3 aromatic rings. The minimum Gasteiger partial charge on any atom is -0.347 e. The lowest BCUT2D eigenvalue weighted by molar-refractivity contribution is -0.112. The van der Waals surface area contributed by atoms with E-state index in [2.05, 4.69) is 89.8 Å². The number of nitrogens with zero attached hydrogens (tertiary/aromatic N) is 5. The highest BCUT2D eigenvalue weighted by atomic mass is 32.2. The smallest absolute Gasteiger partial charge is 0.192 e. The summed E-state index contributed by atoms with van der Waals surface area (Å²) in [6, 6.07) is 18.8. The second-order valence-corrected chi connectivity index (χ2v) is 10.7. The van der Waals surface area contributed by atoms with Gasteiger partial charge in [0.2, 0.25) is 0 Å².